The third-order valence-electron chi connectivity index (χ3n) is 2.37. The van der Waals surface area contributed by atoms with E-state index in [0.717, 1.165) is 6.61 Å². The molecule has 3 atom stereocenters. The molecule has 0 spiro atoms. The highest BCUT2D eigenvalue weighted by Gasteiger charge is 2.18. The molecule has 0 aromatic rings. The van der Waals surface area contributed by atoms with Crippen molar-refractivity contribution in [3.63, 3.8) is 0 Å². The van der Waals surface area contributed by atoms with Crippen molar-refractivity contribution >= 4 is 0 Å². The van der Waals surface area contributed by atoms with Crippen LogP contribution in [0, 0.1) is 5.92 Å². The Morgan fingerprint density at radius 1 is 1.25 bits per heavy atom. The molecule has 0 aliphatic heterocycles. The topological polar surface area (TPSA) is 35.2 Å². The zero-order valence-corrected chi connectivity index (χ0v) is 8.84. The predicted molar refractivity (Wildman–Crippen MR) is 53.1 cm³/mol. The van der Waals surface area contributed by atoms with Crippen LogP contribution in [0.1, 0.15) is 40.5 Å². The van der Waals surface area contributed by atoms with E-state index in [1.165, 1.54) is 12.8 Å². The first kappa shape index (κ1) is 11.9. The normalized spacial score (nSPS) is 18.8. The van der Waals surface area contributed by atoms with Crippen LogP contribution in [0.3, 0.4) is 0 Å². The van der Waals surface area contributed by atoms with Gasteiger partial charge in [-0.25, -0.2) is 0 Å². The van der Waals surface area contributed by atoms with Crippen molar-refractivity contribution in [3.8, 4) is 0 Å². The maximum Gasteiger partial charge on any atom is 0.0700 e. The van der Waals surface area contributed by atoms with E-state index in [9.17, 15) is 0 Å². The van der Waals surface area contributed by atoms with E-state index in [2.05, 4.69) is 20.8 Å². The zero-order chi connectivity index (χ0) is 9.56. The molecule has 0 aliphatic rings. The highest BCUT2D eigenvalue weighted by atomic mass is 16.5. The highest BCUT2D eigenvalue weighted by Crippen LogP contribution is 2.13. The predicted octanol–water partition coefficient (Wildman–Crippen LogP) is 2.17. The first-order valence-electron chi connectivity index (χ1n) is 5.00. The maximum atomic E-state index is 6.01. The SMILES string of the molecule is CCCC(C)C(N)C(C)OCC. The van der Waals surface area contributed by atoms with Gasteiger partial charge in [-0.2, -0.15) is 0 Å². The molecule has 2 heteroatoms. The average molecular weight is 173 g/mol. The molecule has 0 radical (unpaired) electrons. The number of nitrogens with two attached hydrogens (primary N) is 1. The van der Waals surface area contributed by atoms with Gasteiger partial charge in [-0.1, -0.05) is 20.3 Å². The molecule has 0 fully saturated rings. The summed E-state index contributed by atoms with van der Waals surface area (Å²) >= 11 is 0. The first-order chi connectivity index (χ1) is 5.63. The van der Waals surface area contributed by atoms with E-state index < -0.39 is 0 Å². The van der Waals surface area contributed by atoms with Gasteiger partial charge in [0.05, 0.1) is 6.10 Å². The Hall–Kier alpha value is -0.0800. The number of rotatable bonds is 6. The Bertz CT molecular complexity index is 94.0. The Labute approximate surface area is 76.5 Å². The smallest absolute Gasteiger partial charge is 0.0700 e. The molecule has 0 amide bonds. The highest BCUT2D eigenvalue weighted by molar-refractivity contribution is 4.74. The molecule has 74 valence electrons. The van der Waals surface area contributed by atoms with Crippen LogP contribution in [0.25, 0.3) is 0 Å². The van der Waals surface area contributed by atoms with Crippen LogP contribution in [0.4, 0.5) is 0 Å². The summed E-state index contributed by atoms with van der Waals surface area (Å²) in [6.45, 7) is 9.21. The van der Waals surface area contributed by atoms with Gasteiger partial charge < -0.3 is 10.5 Å². The maximum absolute atomic E-state index is 6.01. The van der Waals surface area contributed by atoms with Gasteiger partial charge in [0.25, 0.3) is 0 Å². The Morgan fingerprint density at radius 2 is 1.83 bits per heavy atom. The number of hydrogen-bond donors (Lipinski definition) is 1. The van der Waals surface area contributed by atoms with Crippen molar-refractivity contribution in [2.45, 2.75) is 52.7 Å². The minimum atomic E-state index is 0.185. The van der Waals surface area contributed by atoms with E-state index in [4.69, 9.17) is 10.5 Å². The van der Waals surface area contributed by atoms with Gasteiger partial charge in [-0.15, -0.1) is 0 Å². The van der Waals surface area contributed by atoms with Crippen LogP contribution >= 0.6 is 0 Å². The molecule has 2 nitrogen and oxygen atoms in total. The Morgan fingerprint density at radius 3 is 2.25 bits per heavy atom. The second-order valence-corrected chi connectivity index (χ2v) is 3.50. The van der Waals surface area contributed by atoms with Crippen molar-refractivity contribution in [2.75, 3.05) is 6.61 Å². The van der Waals surface area contributed by atoms with Crippen molar-refractivity contribution in [1.29, 1.82) is 0 Å². The molecule has 0 aromatic carbocycles. The lowest BCUT2D eigenvalue weighted by Gasteiger charge is -2.25. The lowest BCUT2D eigenvalue weighted by Crippen LogP contribution is -2.40. The molecule has 3 unspecified atom stereocenters. The van der Waals surface area contributed by atoms with Crippen LogP contribution in [0.5, 0.6) is 0 Å². The third-order valence-corrected chi connectivity index (χ3v) is 2.37. The molecular formula is C10H23NO. The summed E-state index contributed by atoms with van der Waals surface area (Å²) in [5.41, 5.74) is 6.01. The van der Waals surface area contributed by atoms with E-state index in [0.29, 0.717) is 5.92 Å². The zero-order valence-electron chi connectivity index (χ0n) is 8.84. The van der Waals surface area contributed by atoms with Crippen LogP contribution in [-0.4, -0.2) is 18.8 Å². The van der Waals surface area contributed by atoms with Crippen molar-refractivity contribution in [2.24, 2.45) is 11.7 Å². The van der Waals surface area contributed by atoms with Gasteiger partial charge >= 0.3 is 0 Å². The fraction of sp³-hybridized carbons (Fsp3) is 1.00. The molecule has 0 bridgehead atoms. The lowest BCUT2D eigenvalue weighted by atomic mass is 9.94. The van der Waals surface area contributed by atoms with Crippen LogP contribution in [-0.2, 0) is 4.74 Å². The third kappa shape index (κ3) is 4.07. The number of ether oxygens (including phenoxy) is 1. The molecule has 0 aromatic heterocycles. The molecule has 0 aliphatic carbocycles. The molecule has 0 rings (SSSR count). The quantitative estimate of drug-likeness (QED) is 0.668. The Kier molecular flexibility index (Phi) is 6.39. The van der Waals surface area contributed by atoms with Crippen molar-refractivity contribution in [3.05, 3.63) is 0 Å². The molecule has 12 heavy (non-hydrogen) atoms. The van der Waals surface area contributed by atoms with Crippen LogP contribution in [0.15, 0.2) is 0 Å². The van der Waals surface area contributed by atoms with Crippen LogP contribution < -0.4 is 5.73 Å². The van der Waals surface area contributed by atoms with E-state index in [1.54, 1.807) is 0 Å². The lowest BCUT2D eigenvalue weighted by molar-refractivity contribution is 0.0431. The molecular weight excluding hydrogens is 150 g/mol. The average Bonchev–Trinajstić information content (AvgIpc) is 2.04. The van der Waals surface area contributed by atoms with E-state index in [1.807, 2.05) is 6.92 Å². The largest absolute Gasteiger partial charge is 0.377 e. The number of hydrogen-bond acceptors (Lipinski definition) is 2. The van der Waals surface area contributed by atoms with Gasteiger partial charge in [0.15, 0.2) is 0 Å². The van der Waals surface area contributed by atoms with Gasteiger partial charge in [-0.3, -0.25) is 0 Å². The summed E-state index contributed by atoms with van der Waals surface area (Å²) in [4.78, 5) is 0. The standard InChI is InChI=1S/C10H23NO/c1-5-7-8(3)10(11)9(4)12-6-2/h8-10H,5-7,11H2,1-4H3. The summed E-state index contributed by atoms with van der Waals surface area (Å²) in [5, 5.41) is 0. The van der Waals surface area contributed by atoms with Gasteiger partial charge in [0.1, 0.15) is 0 Å². The summed E-state index contributed by atoms with van der Waals surface area (Å²) in [7, 11) is 0. The second kappa shape index (κ2) is 6.44. The second-order valence-electron chi connectivity index (χ2n) is 3.50. The summed E-state index contributed by atoms with van der Waals surface area (Å²) < 4.78 is 5.45. The Balaban J connectivity index is 3.73. The first-order valence-corrected chi connectivity index (χ1v) is 5.00. The van der Waals surface area contributed by atoms with Crippen molar-refractivity contribution < 1.29 is 4.74 Å². The fourth-order valence-corrected chi connectivity index (χ4v) is 1.48. The van der Waals surface area contributed by atoms with Gasteiger partial charge in [0.2, 0.25) is 0 Å². The van der Waals surface area contributed by atoms with Gasteiger partial charge in [0, 0.05) is 12.6 Å². The van der Waals surface area contributed by atoms with Crippen LogP contribution in [0.2, 0.25) is 0 Å². The molecule has 2 N–H and O–H groups in total. The molecule has 0 saturated heterocycles. The molecule has 0 saturated carbocycles. The summed E-state index contributed by atoms with van der Waals surface area (Å²) in [5.74, 6) is 0.566. The minimum Gasteiger partial charge on any atom is -0.377 e. The summed E-state index contributed by atoms with van der Waals surface area (Å²) in [6.07, 6.45) is 2.59. The van der Waals surface area contributed by atoms with Crippen molar-refractivity contribution in [1.82, 2.24) is 0 Å². The van der Waals surface area contributed by atoms with Gasteiger partial charge in [-0.05, 0) is 26.2 Å². The van der Waals surface area contributed by atoms with E-state index >= 15 is 0 Å². The molecule has 0 heterocycles. The minimum absolute atomic E-state index is 0.185. The monoisotopic (exact) mass is 173 g/mol. The van der Waals surface area contributed by atoms with E-state index in [-0.39, 0.29) is 12.1 Å². The fourth-order valence-electron chi connectivity index (χ4n) is 1.48. The summed E-state index contributed by atoms with van der Waals surface area (Å²) in [6, 6.07) is 0.185.